The number of piperidine rings is 1. The standard InChI is InChI=1S/C25H25ClF2N6/c26-19-9-17(20(27)10-21(19)28)25(30)18(11-29)22-4-5-23-24(32-22)8-15(12-31-23)34-13-16(14-34)33-6-2-1-3-7-33/h4-5,8-12,16,29H,1-3,6-7,13-14,30H2/p+1/b25-18+,29-11?. The van der Waals surface area contributed by atoms with Gasteiger partial charge in [0.05, 0.1) is 44.9 Å². The summed E-state index contributed by atoms with van der Waals surface area (Å²) in [5, 5.41) is 5.61. The van der Waals surface area contributed by atoms with Gasteiger partial charge in [-0.3, -0.25) is 15.3 Å². The molecule has 0 saturated carbocycles. The second kappa shape index (κ2) is 9.27. The topological polar surface area (TPSA) is 83.9 Å². The molecule has 4 N–H and O–H groups in total. The van der Waals surface area contributed by atoms with Gasteiger partial charge in [-0.2, -0.15) is 0 Å². The summed E-state index contributed by atoms with van der Waals surface area (Å²) in [7, 11) is 0. The first-order chi connectivity index (χ1) is 16.4. The van der Waals surface area contributed by atoms with Gasteiger partial charge >= 0.3 is 0 Å². The maximum Gasteiger partial charge on any atom is 0.171 e. The minimum absolute atomic E-state index is 0.0185. The molecule has 1 aromatic carbocycles. The molecule has 2 aromatic heterocycles. The Labute approximate surface area is 201 Å². The van der Waals surface area contributed by atoms with Crippen molar-refractivity contribution in [3.8, 4) is 0 Å². The summed E-state index contributed by atoms with van der Waals surface area (Å²) in [5.74, 6) is -1.69. The lowest BCUT2D eigenvalue weighted by Crippen LogP contribution is -2.60. The molecule has 9 heteroatoms. The number of aromatic nitrogens is 2. The van der Waals surface area contributed by atoms with Crippen molar-refractivity contribution in [3.05, 3.63) is 64.4 Å². The van der Waals surface area contributed by atoms with Crippen molar-refractivity contribution in [2.24, 2.45) is 5.73 Å². The van der Waals surface area contributed by atoms with E-state index >= 15 is 0 Å². The van der Waals surface area contributed by atoms with Gasteiger partial charge in [0.25, 0.3) is 0 Å². The Bertz CT molecular complexity index is 1280. The highest BCUT2D eigenvalue weighted by atomic mass is 35.5. The lowest BCUT2D eigenvalue weighted by atomic mass is 10.0. The molecule has 0 bridgehead atoms. The molecule has 34 heavy (non-hydrogen) atoms. The number of likely N-dealkylation sites (tertiary alicyclic amines) is 1. The average Bonchev–Trinajstić information content (AvgIpc) is 2.81. The maximum absolute atomic E-state index is 14.4. The summed E-state index contributed by atoms with van der Waals surface area (Å²) in [4.78, 5) is 14.1. The Balaban J connectivity index is 1.43. The van der Waals surface area contributed by atoms with Crippen LogP contribution >= 0.6 is 11.6 Å². The summed E-state index contributed by atoms with van der Waals surface area (Å²) < 4.78 is 28.0. The zero-order chi connectivity index (χ0) is 23.8. The fourth-order valence-electron chi connectivity index (χ4n) is 4.69. The molecule has 3 aromatic rings. The van der Waals surface area contributed by atoms with Crippen LogP contribution in [0, 0.1) is 11.6 Å². The molecule has 0 atom stereocenters. The van der Waals surface area contributed by atoms with Crippen LogP contribution in [0.25, 0.3) is 22.3 Å². The normalized spacial score (nSPS) is 18.0. The third-order valence-electron chi connectivity index (χ3n) is 6.69. The van der Waals surface area contributed by atoms with E-state index in [4.69, 9.17) is 27.7 Å². The SMILES string of the molecule is N/C(=C(\C=[NH2+])c1ccc2ncc(N3CC(N4CCCCC4)C3)cc2n1)c1cc(Cl)c(F)cc1F. The van der Waals surface area contributed by atoms with Gasteiger partial charge in [-0.1, -0.05) is 18.0 Å². The molecule has 0 aliphatic carbocycles. The van der Waals surface area contributed by atoms with E-state index in [1.807, 2.05) is 18.3 Å². The Morgan fingerprint density at radius 3 is 2.56 bits per heavy atom. The quantitative estimate of drug-likeness (QED) is 0.430. The number of rotatable bonds is 5. The molecule has 2 saturated heterocycles. The van der Waals surface area contributed by atoms with Crippen molar-refractivity contribution >= 4 is 45.8 Å². The van der Waals surface area contributed by atoms with Crippen LogP contribution in [0.5, 0.6) is 0 Å². The zero-order valence-electron chi connectivity index (χ0n) is 18.6. The minimum Gasteiger partial charge on any atom is -0.397 e. The lowest BCUT2D eigenvalue weighted by molar-refractivity contribution is -0.103. The van der Waals surface area contributed by atoms with Gasteiger partial charge in [-0.05, 0) is 50.2 Å². The molecule has 4 heterocycles. The summed E-state index contributed by atoms with van der Waals surface area (Å²) in [5.41, 5.74) is 9.40. The van der Waals surface area contributed by atoms with Crippen molar-refractivity contribution in [3.63, 3.8) is 0 Å². The number of allylic oxidation sites excluding steroid dienone is 1. The van der Waals surface area contributed by atoms with Gasteiger partial charge in [-0.15, -0.1) is 0 Å². The van der Waals surface area contributed by atoms with Crippen LogP contribution < -0.4 is 16.0 Å². The van der Waals surface area contributed by atoms with Crippen LogP contribution in [0.3, 0.4) is 0 Å². The highest BCUT2D eigenvalue weighted by Crippen LogP contribution is 2.29. The van der Waals surface area contributed by atoms with Crippen molar-refractivity contribution in [2.45, 2.75) is 25.3 Å². The number of anilines is 1. The number of halogens is 3. The monoisotopic (exact) mass is 483 g/mol. The predicted octanol–water partition coefficient (Wildman–Crippen LogP) is 2.89. The Morgan fingerprint density at radius 1 is 1.06 bits per heavy atom. The highest BCUT2D eigenvalue weighted by molar-refractivity contribution is 6.31. The maximum atomic E-state index is 14.4. The molecule has 5 rings (SSSR count). The Hall–Kier alpha value is -3.10. The largest absolute Gasteiger partial charge is 0.397 e. The summed E-state index contributed by atoms with van der Waals surface area (Å²) >= 11 is 5.84. The van der Waals surface area contributed by atoms with E-state index in [-0.39, 0.29) is 16.3 Å². The Kier molecular flexibility index (Phi) is 6.18. The molecule has 6 nitrogen and oxygen atoms in total. The second-order valence-corrected chi connectivity index (χ2v) is 9.23. The van der Waals surface area contributed by atoms with Crippen LogP contribution in [0.15, 0.2) is 36.5 Å². The molecular formula is C25H26ClF2N6+. The van der Waals surface area contributed by atoms with Gasteiger partial charge in [-0.25, -0.2) is 13.8 Å². The molecule has 2 fully saturated rings. The smallest absolute Gasteiger partial charge is 0.171 e. The van der Waals surface area contributed by atoms with E-state index in [0.29, 0.717) is 28.9 Å². The van der Waals surface area contributed by atoms with Gasteiger partial charge in [0.15, 0.2) is 6.21 Å². The average molecular weight is 484 g/mol. The van der Waals surface area contributed by atoms with Gasteiger partial charge < -0.3 is 10.6 Å². The molecule has 0 unspecified atom stereocenters. The summed E-state index contributed by atoms with van der Waals surface area (Å²) in [6, 6.07) is 7.98. The molecule has 0 spiro atoms. The van der Waals surface area contributed by atoms with E-state index in [0.717, 1.165) is 30.4 Å². The lowest BCUT2D eigenvalue weighted by Gasteiger charge is -2.47. The summed E-state index contributed by atoms with van der Waals surface area (Å²) in [6.07, 6.45) is 7.03. The molecule has 176 valence electrons. The van der Waals surface area contributed by atoms with Crippen LogP contribution in [-0.4, -0.2) is 53.3 Å². The first-order valence-electron chi connectivity index (χ1n) is 11.4. The van der Waals surface area contributed by atoms with E-state index in [2.05, 4.69) is 14.8 Å². The number of hydrogen-bond acceptors (Lipinski definition) is 5. The van der Waals surface area contributed by atoms with E-state index in [9.17, 15) is 8.78 Å². The van der Waals surface area contributed by atoms with Crippen LogP contribution in [0.4, 0.5) is 14.5 Å². The molecule has 0 radical (unpaired) electrons. The van der Waals surface area contributed by atoms with Crippen molar-refractivity contribution < 1.29 is 14.2 Å². The number of benzene rings is 1. The van der Waals surface area contributed by atoms with E-state index < -0.39 is 11.6 Å². The van der Waals surface area contributed by atoms with Crippen LogP contribution in [-0.2, 0) is 0 Å². The third-order valence-corrected chi connectivity index (χ3v) is 6.98. The third kappa shape index (κ3) is 4.23. The van der Waals surface area contributed by atoms with Gasteiger partial charge in [0, 0.05) is 30.8 Å². The highest BCUT2D eigenvalue weighted by Gasteiger charge is 2.32. The van der Waals surface area contributed by atoms with Gasteiger partial charge in [0.2, 0.25) is 0 Å². The van der Waals surface area contributed by atoms with Crippen LogP contribution in [0.2, 0.25) is 5.02 Å². The minimum atomic E-state index is -0.857. The van der Waals surface area contributed by atoms with E-state index in [1.54, 1.807) is 6.07 Å². The number of fused-ring (bicyclic) bond motifs is 1. The molecular weight excluding hydrogens is 458 g/mol. The van der Waals surface area contributed by atoms with Gasteiger partial charge in [0.1, 0.15) is 11.6 Å². The zero-order valence-corrected chi connectivity index (χ0v) is 19.4. The fraction of sp³-hybridized carbons (Fsp3) is 0.320. The number of pyridine rings is 2. The van der Waals surface area contributed by atoms with E-state index in [1.165, 1.54) is 38.6 Å². The number of hydrogen-bond donors (Lipinski definition) is 2. The summed E-state index contributed by atoms with van der Waals surface area (Å²) in [6.45, 7) is 4.33. The van der Waals surface area contributed by atoms with Crippen LogP contribution in [0.1, 0.15) is 30.5 Å². The predicted molar refractivity (Wildman–Crippen MR) is 131 cm³/mol. The fourth-order valence-corrected chi connectivity index (χ4v) is 4.85. The van der Waals surface area contributed by atoms with Crippen molar-refractivity contribution in [2.75, 3.05) is 31.1 Å². The number of nitrogens with zero attached hydrogens (tertiary/aromatic N) is 4. The first kappa shape index (κ1) is 22.7. The Morgan fingerprint density at radius 2 is 1.82 bits per heavy atom. The van der Waals surface area contributed by atoms with Crippen molar-refractivity contribution in [1.29, 1.82) is 0 Å². The molecule has 2 aliphatic heterocycles. The number of nitrogens with two attached hydrogens (primary N) is 2. The second-order valence-electron chi connectivity index (χ2n) is 8.82. The molecule has 2 aliphatic rings. The van der Waals surface area contributed by atoms with Crippen molar-refractivity contribution in [1.82, 2.24) is 14.9 Å². The molecule has 0 amide bonds. The first-order valence-corrected chi connectivity index (χ1v) is 11.8.